The number of rotatable bonds is 7. The van der Waals surface area contributed by atoms with E-state index in [9.17, 15) is 4.79 Å². The summed E-state index contributed by atoms with van der Waals surface area (Å²) in [5, 5.41) is 4.99. The molecule has 0 fully saturated rings. The van der Waals surface area contributed by atoms with E-state index in [4.69, 9.17) is 5.73 Å². The third-order valence-electron chi connectivity index (χ3n) is 4.72. The van der Waals surface area contributed by atoms with E-state index in [1.807, 2.05) is 41.8 Å². The van der Waals surface area contributed by atoms with Crippen LogP contribution in [0.3, 0.4) is 0 Å². The van der Waals surface area contributed by atoms with Crippen molar-refractivity contribution in [3.05, 3.63) is 71.1 Å². The summed E-state index contributed by atoms with van der Waals surface area (Å²) in [6, 6.07) is 19.1. The quantitative estimate of drug-likeness (QED) is 0.345. The van der Waals surface area contributed by atoms with E-state index < -0.39 is 8.07 Å². The summed E-state index contributed by atoms with van der Waals surface area (Å²) < 4.78 is 0. The molecule has 146 valence electrons. The van der Waals surface area contributed by atoms with Crippen LogP contribution in [-0.2, 0) is 6.42 Å². The van der Waals surface area contributed by atoms with Crippen molar-refractivity contribution in [1.82, 2.24) is 0 Å². The zero-order chi connectivity index (χ0) is 20.1. The number of carbonyl (C=O) groups excluding carboxylic acids is 1. The van der Waals surface area contributed by atoms with Gasteiger partial charge in [-0.15, -0.1) is 11.3 Å². The molecular formula is C23H28N2OSSi. The van der Waals surface area contributed by atoms with Gasteiger partial charge in [0, 0.05) is 18.5 Å². The average Bonchev–Trinajstić information content (AvgIpc) is 3.18. The maximum Gasteiger partial charge on any atom is 0.255 e. The van der Waals surface area contributed by atoms with Gasteiger partial charge >= 0.3 is 0 Å². The standard InChI is InChI=1S/C23H28N2OSSi/c1-28(2,3)15-5-6-17-8-10-18(11-9-17)23(26)25-21-16-19(12-13-20(21)24)22-7-4-14-27-22/h4,7-14,16H,5-6,15,24H2,1-3H3,(H,25,26). The van der Waals surface area contributed by atoms with Crippen LogP contribution in [0.1, 0.15) is 22.3 Å². The van der Waals surface area contributed by atoms with Crippen LogP contribution >= 0.6 is 11.3 Å². The van der Waals surface area contributed by atoms with Gasteiger partial charge in [0.25, 0.3) is 5.91 Å². The topological polar surface area (TPSA) is 55.1 Å². The Morgan fingerprint density at radius 1 is 1.07 bits per heavy atom. The molecule has 0 aliphatic carbocycles. The number of hydrogen-bond acceptors (Lipinski definition) is 3. The number of carbonyl (C=O) groups is 1. The number of benzene rings is 2. The number of nitrogens with two attached hydrogens (primary N) is 1. The third kappa shape index (κ3) is 5.56. The Labute approximate surface area is 172 Å². The molecule has 0 saturated carbocycles. The molecule has 1 aromatic heterocycles. The summed E-state index contributed by atoms with van der Waals surface area (Å²) in [6.07, 6.45) is 2.29. The molecule has 0 saturated heterocycles. The Morgan fingerprint density at radius 2 is 1.82 bits per heavy atom. The van der Waals surface area contributed by atoms with E-state index in [0.717, 1.165) is 16.9 Å². The lowest BCUT2D eigenvalue weighted by molar-refractivity contribution is 0.102. The Balaban J connectivity index is 1.65. The fourth-order valence-corrected chi connectivity index (χ4v) is 5.06. The molecule has 0 spiro atoms. The predicted molar refractivity (Wildman–Crippen MR) is 125 cm³/mol. The molecule has 0 aliphatic heterocycles. The van der Waals surface area contributed by atoms with Gasteiger partial charge in [0.05, 0.1) is 11.4 Å². The second-order valence-corrected chi connectivity index (χ2v) is 14.9. The second kappa shape index (κ2) is 8.75. The summed E-state index contributed by atoms with van der Waals surface area (Å²) in [4.78, 5) is 13.8. The van der Waals surface area contributed by atoms with Crippen molar-refractivity contribution in [3.63, 3.8) is 0 Å². The highest BCUT2D eigenvalue weighted by atomic mass is 32.1. The smallest absolute Gasteiger partial charge is 0.255 e. The third-order valence-corrected chi connectivity index (χ3v) is 7.49. The maximum atomic E-state index is 12.7. The number of nitrogens with one attached hydrogen (secondary N) is 1. The molecule has 5 heteroatoms. The summed E-state index contributed by atoms with van der Waals surface area (Å²) in [7, 11) is -0.989. The number of nitrogen functional groups attached to an aromatic ring is 1. The Hall–Kier alpha value is -2.37. The van der Waals surface area contributed by atoms with Crippen LogP contribution in [0.25, 0.3) is 10.4 Å². The molecule has 3 rings (SSSR count). The van der Waals surface area contributed by atoms with Crippen molar-refractivity contribution < 1.29 is 4.79 Å². The second-order valence-electron chi connectivity index (χ2n) is 8.34. The van der Waals surface area contributed by atoms with Gasteiger partial charge in [-0.25, -0.2) is 0 Å². The number of anilines is 2. The first kappa shape index (κ1) is 20.4. The first-order chi connectivity index (χ1) is 13.3. The van der Waals surface area contributed by atoms with Crippen LogP contribution in [0, 0.1) is 0 Å². The van der Waals surface area contributed by atoms with Crippen LogP contribution in [0.15, 0.2) is 60.0 Å². The van der Waals surface area contributed by atoms with E-state index in [0.29, 0.717) is 16.9 Å². The van der Waals surface area contributed by atoms with E-state index in [2.05, 4.69) is 43.2 Å². The van der Waals surface area contributed by atoms with Gasteiger partial charge in [-0.1, -0.05) is 56.4 Å². The molecule has 28 heavy (non-hydrogen) atoms. The van der Waals surface area contributed by atoms with Gasteiger partial charge in [0.2, 0.25) is 0 Å². The highest BCUT2D eigenvalue weighted by molar-refractivity contribution is 7.13. The van der Waals surface area contributed by atoms with Crippen molar-refractivity contribution in [2.75, 3.05) is 11.1 Å². The van der Waals surface area contributed by atoms with Gasteiger partial charge < -0.3 is 11.1 Å². The monoisotopic (exact) mass is 408 g/mol. The van der Waals surface area contributed by atoms with Crippen LogP contribution in [0.4, 0.5) is 11.4 Å². The molecule has 0 unspecified atom stereocenters. The maximum absolute atomic E-state index is 12.7. The Kier molecular flexibility index (Phi) is 6.37. The number of aryl methyl sites for hydroxylation is 1. The van der Waals surface area contributed by atoms with E-state index in [-0.39, 0.29) is 5.91 Å². The first-order valence-electron chi connectivity index (χ1n) is 9.65. The molecule has 3 aromatic rings. The minimum absolute atomic E-state index is 0.135. The first-order valence-corrected chi connectivity index (χ1v) is 14.2. The lowest BCUT2D eigenvalue weighted by Crippen LogP contribution is -2.18. The van der Waals surface area contributed by atoms with Crippen LogP contribution in [0.5, 0.6) is 0 Å². The average molecular weight is 409 g/mol. The Bertz CT molecular complexity index is 928. The molecular weight excluding hydrogens is 380 g/mol. The van der Waals surface area contributed by atoms with Crippen molar-refractivity contribution in [2.45, 2.75) is 38.5 Å². The van der Waals surface area contributed by atoms with Crippen molar-refractivity contribution in [1.29, 1.82) is 0 Å². The zero-order valence-electron chi connectivity index (χ0n) is 16.8. The molecule has 1 heterocycles. The summed E-state index contributed by atoms with van der Waals surface area (Å²) in [5.41, 5.74) is 10.3. The van der Waals surface area contributed by atoms with Gasteiger partial charge in [0.15, 0.2) is 0 Å². The van der Waals surface area contributed by atoms with Crippen LogP contribution in [-0.4, -0.2) is 14.0 Å². The fourth-order valence-electron chi connectivity index (χ4n) is 3.10. The van der Waals surface area contributed by atoms with Crippen molar-refractivity contribution in [2.24, 2.45) is 0 Å². The van der Waals surface area contributed by atoms with E-state index in [1.54, 1.807) is 11.3 Å². The lowest BCUT2D eigenvalue weighted by atomic mass is 10.1. The SMILES string of the molecule is C[Si](C)(C)CCCc1ccc(C(=O)Nc2cc(-c3cccs3)ccc2N)cc1. The van der Waals surface area contributed by atoms with E-state index >= 15 is 0 Å². The molecule has 1 amide bonds. The summed E-state index contributed by atoms with van der Waals surface area (Å²) in [5.74, 6) is -0.135. The van der Waals surface area contributed by atoms with Gasteiger partial charge in [-0.2, -0.15) is 0 Å². The van der Waals surface area contributed by atoms with Crippen LogP contribution < -0.4 is 11.1 Å². The van der Waals surface area contributed by atoms with E-state index in [1.165, 1.54) is 18.0 Å². The minimum Gasteiger partial charge on any atom is -0.397 e. The van der Waals surface area contributed by atoms with Gasteiger partial charge in [-0.3, -0.25) is 4.79 Å². The molecule has 3 N–H and O–H groups in total. The Morgan fingerprint density at radius 3 is 2.46 bits per heavy atom. The fraction of sp³-hybridized carbons (Fsp3) is 0.261. The molecule has 0 bridgehead atoms. The molecule has 0 radical (unpaired) electrons. The van der Waals surface area contributed by atoms with Gasteiger partial charge in [-0.05, 0) is 53.3 Å². The van der Waals surface area contributed by atoms with Crippen molar-refractivity contribution in [3.8, 4) is 10.4 Å². The minimum atomic E-state index is -0.989. The molecule has 2 aromatic carbocycles. The molecule has 3 nitrogen and oxygen atoms in total. The summed E-state index contributed by atoms with van der Waals surface area (Å²) >= 11 is 1.66. The number of hydrogen-bond donors (Lipinski definition) is 2. The van der Waals surface area contributed by atoms with Crippen molar-refractivity contribution >= 4 is 36.7 Å². The number of thiophene rings is 1. The van der Waals surface area contributed by atoms with Gasteiger partial charge in [0.1, 0.15) is 0 Å². The zero-order valence-corrected chi connectivity index (χ0v) is 18.6. The normalized spacial score (nSPS) is 11.4. The number of amides is 1. The predicted octanol–water partition coefficient (Wildman–Crippen LogP) is 6.52. The largest absolute Gasteiger partial charge is 0.397 e. The highest BCUT2D eigenvalue weighted by Crippen LogP contribution is 2.30. The molecule has 0 aliphatic rings. The summed E-state index contributed by atoms with van der Waals surface area (Å²) in [6.45, 7) is 7.21. The molecule has 0 atom stereocenters. The highest BCUT2D eigenvalue weighted by Gasteiger charge is 2.13. The lowest BCUT2D eigenvalue weighted by Gasteiger charge is -2.15. The van der Waals surface area contributed by atoms with Crippen LogP contribution in [0.2, 0.25) is 25.7 Å².